The van der Waals surface area contributed by atoms with Gasteiger partial charge >= 0.3 is 0 Å². The van der Waals surface area contributed by atoms with Crippen molar-refractivity contribution in [2.24, 2.45) is 0 Å². The van der Waals surface area contributed by atoms with Gasteiger partial charge in [0.1, 0.15) is 10.0 Å². The standard InChI is InChI=1S/C32H28N4O5S2.C29H23N3O7S3.C4H9NO.C4H8O/c37-30(24-12-13-29-27(19-24)35-31(38)26-6-1-2-7-28(26)43(29,39)40)33-20-25-21-34-32(42-25)23-10-8-22(9-11-23)5-3-4-14-36-15-17-41-18-16-36;1-41(35,36)39-15-5-4-6-19-9-11-20(12-10-19)29-31-18-22(40-29)17-30-27(33)21-13-14-26-24(16-21)32-28(34)23-7-2-3-8-25(23)42(26,37)38;1-3-6-4-2-5-1;1-2-4-5-3-1/h1-2,6-13,19,21H,4,14-18,20H2,(H,33,37)(H,35,38);2-3,7-14,16,18H,5,15,17H2,1H3,(H,30,33)(H,32,34);5H,1-4H2;1-4H2. The first-order chi connectivity index (χ1) is 46.4. The number of nitrogens with zero attached hydrogens (tertiary/aromatic N) is 3. The summed E-state index contributed by atoms with van der Waals surface area (Å²) < 4.78 is 94.6. The minimum atomic E-state index is -3.96. The summed E-state index contributed by atoms with van der Waals surface area (Å²) in [5.74, 6) is 10.3. The number of hydrogen-bond donors (Lipinski definition) is 5. The van der Waals surface area contributed by atoms with E-state index in [1.54, 1.807) is 36.7 Å². The average molecular weight is 1390 g/mol. The number of rotatable bonds is 13. The zero-order chi connectivity index (χ0) is 67.5. The molecule has 13 rings (SSSR count). The third-order valence-electron chi connectivity index (χ3n) is 14.9. The Morgan fingerprint density at radius 3 is 1.46 bits per heavy atom. The lowest BCUT2D eigenvalue weighted by Crippen LogP contribution is -2.36. The summed E-state index contributed by atoms with van der Waals surface area (Å²) in [4.78, 5) is 63.9. The molecule has 5 aliphatic heterocycles. The quantitative estimate of drug-likeness (QED) is 0.0411. The van der Waals surface area contributed by atoms with E-state index in [2.05, 4.69) is 69.3 Å². The SMILES string of the molecule is C1CCOC1.C1COCCN1.CS(=O)(=O)OCCC#Cc1ccc(-c2ncc(CNC(=O)c3ccc4c(c3)NC(=O)c3ccccc3S4(=O)=O)s2)cc1.O=C(NCc1cnc(-c2ccc(C#CCCN3CCOCC3)cc2)s1)c1ccc2c(c1)NC(=O)c1ccccc1S2(=O)=O. The normalized spacial score (nSPS) is 15.7. The van der Waals surface area contributed by atoms with Gasteiger partial charge in [-0.15, -0.1) is 22.7 Å². The van der Waals surface area contributed by atoms with E-state index in [9.17, 15) is 44.4 Å². The molecule has 3 fully saturated rings. The van der Waals surface area contributed by atoms with Crippen LogP contribution in [0.4, 0.5) is 11.4 Å². The number of carbonyl (C=O) groups is 4. The number of nitrogens with one attached hydrogen (secondary N) is 5. The van der Waals surface area contributed by atoms with Crippen LogP contribution >= 0.6 is 22.7 Å². The monoisotopic (exact) mass is 1390 g/mol. The van der Waals surface area contributed by atoms with Crippen LogP contribution in [0.1, 0.15) is 88.0 Å². The molecule has 3 saturated heterocycles. The van der Waals surface area contributed by atoms with E-state index in [1.807, 2.05) is 48.5 Å². The van der Waals surface area contributed by atoms with Crippen LogP contribution in [-0.4, -0.2) is 149 Å². The van der Waals surface area contributed by atoms with Crippen LogP contribution in [0, 0.1) is 23.7 Å². The fourth-order valence-electron chi connectivity index (χ4n) is 10.0. The second-order valence-corrected chi connectivity index (χ2v) is 29.5. The molecule has 2 aromatic heterocycles. The van der Waals surface area contributed by atoms with Crippen molar-refractivity contribution in [1.82, 2.24) is 30.8 Å². The topological polar surface area (TPSA) is 297 Å². The molecule has 0 spiro atoms. The minimum absolute atomic E-state index is 0.00207. The summed E-state index contributed by atoms with van der Waals surface area (Å²) in [6.07, 6.45) is 8.03. The lowest BCUT2D eigenvalue weighted by atomic mass is 10.1. The number of ether oxygens (including phenoxy) is 3. The molecule has 0 unspecified atom stereocenters. The fourth-order valence-corrected chi connectivity index (χ4v) is 15.3. The zero-order valence-electron chi connectivity index (χ0n) is 52.2. The number of anilines is 2. The van der Waals surface area contributed by atoms with E-state index in [4.69, 9.17) is 14.2 Å². The molecule has 27 heteroatoms. The van der Waals surface area contributed by atoms with Crippen molar-refractivity contribution in [3.05, 3.63) is 189 Å². The van der Waals surface area contributed by atoms with Gasteiger partial charge in [-0.2, -0.15) is 8.42 Å². The average Bonchev–Trinajstić information content (AvgIpc) is 1.57. The summed E-state index contributed by atoms with van der Waals surface area (Å²) in [7, 11) is -11.4. The van der Waals surface area contributed by atoms with Crippen LogP contribution in [0.15, 0.2) is 165 Å². The van der Waals surface area contributed by atoms with Gasteiger partial charge in [0.2, 0.25) is 19.7 Å². The minimum Gasteiger partial charge on any atom is -0.381 e. The Kier molecular flexibility index (Phi) is 24.2. The van der Waals surface area contributed by atoms with E-state index < -0.39 is 53.4 Å². The molecule has 0 saturated carbocycles. The molecule has 0 bridgehead atoms. The van der Waals surface area contributed by atoms with Gasteiger partial charge < -0.3 is 40.8 Å². The third-order valence-corrected chi connectivity index (χ3v) is 21.4. The van der Waals surface area contributed by atoms with Gasteiger partial charge in [0.05, 0.1) is 94.5 Å². The number of hydrogen-bond acceptors (Lipinski definition) is 20. The van der Waals surface area contributed by atoms with E-state index in [1.165, 1.54) is 96.2 Å². The summed E-state index contributed by atoms with van der Waals surface area (Å²) in [6, 6.07) is 35.6. The fraction of sp³-hybridized carbons (Fsp3) is 0.275. The van der Waals surface area contributed by atoms with Gasteiger partial charge in [-0.3, -0.25) is 28.3 Å². The predicted octanol–water partition coefficient (Wildman–Crippen LogP) is 8.47. The van der Waals surface area contributed by atoms with Gasteiger partial charge in [-0.25, -0.2) is 26.8 Å². The molecule has 6 aromatic carbocycles. The van der Waals surface area contributed by atoms with Crippen molar-refractivity contribution in [1.29, 1.82) is 0 Å². The Morgan fingerprint density at radius 2 is 1.03 bits per heavy atom. The van der Waals surface area contributed by atoms with E-state index in [0.29, 0.717) is 0 Å². The largest absolute Gasteiger partial charge is 0.381 e. The lowest BCUT2D eigenvalue weighted by molar-refractivity contribution is 0.0390. The molecule has 5 N–H and O–H groups in total. The van der Waals surface area contributed by atoms with E-state index in [0.717, 1.165) is 127 Å². The number of amides is 4. The molecule has 7 heterocycles. The highest BCUT2D eigenvalue weighted by molar-refractivity contribution is 7.92. The third kappa shape index (κ3) is 19.0. The van der Waals surface area contributed by atoms with Crippen LogP contribution in [0.2, 0.25) is 0 Å². The first-order valence-corrected chi connectivity index (χ1v) is 37.1. The predicted molar refractivity (Wildman–Crippen MR) is 365 cm³/mol. The van der Waals surface area contributed by atoms with Gasteiger partial charge in [0, 0.05) is 114 Å². The Hall–Kier alpha value is -8.81. The second kappa shape index (κ2) is 33.2. The molecule has 0 aliphatic carbocycles. The first kappa shape index (κ1) is 70.0. The number of carbonyl (C=O) groups excluding carboxylic acids is 4. The van der Waals surface area contributed by atoms with Gasteiger partial charge in [-0.05, 0) is 97.8 Å². The summed E-state index contributed by atoms with van der Waals surface area (Å²) in [5.41, 5.74) is 4.18. The number of aromatic nitrogens is 2. The van der Waals surface area contributed by atoms with Crippen LogP contribution in [-0.2, 0) is 61.3 Å². The highest BCUT2D eigenvalue weighted by Gasteiger charge is 2.33. The van der Waals surface area contributed by atoms with Gasteiger partial charge in [0.25, 0.3) is 33.7 Å². The summed E-state index contributed by atoms with van der Waals surface area (Å²) in [6.45, 7) is 10.7. The van der Waals surface area contributed by atoms with Gasteiger partial charge in [0.15, 0.2) is 0 Å². The van der Waals surface area contributed by atoms with Crippen LogP contribution in [0.5, 0.6) is 0 Å². The molecule has 4 amide bonds. The summed E-state index contributed by atoms with van der Waals surface area (Å²) in [5, 5.41) is 15.6. The maximum Gasteiger partial charge on any atom is 0.264 e. The van der Waals surface area contributed by atoms with Crippen molar-refractivity contribution >= 4 is 87.5 Å². The molecular formula is C69H68N8O14S5. The first-order valence-electron chi connectivity index (χ1n) is 30.6. The van der Waals surface area contributed by atoms with Crippen molar-refractivity contribution in [3.63, 3.8) is 0 Å². The molecule has 8 aromatic rings. The van der Waals surface area contributed by atoms with Crippen LogP contribution in [0.3, 0.4) is 0 Å². The number of sulfone groups is 2. The van der Waals surface area contributed by atoms with Crippen LogP contribution in [0.25, 0.3) is 21.1 Å². The maximum absolute atomic E-state index is 13.2. The molecule has 0 radical (unpaired) electrons. The van der Waals surface area contributed by atoms with E-state index in [-0.39, 0.29) is 79.3 Å². The highest BCUT2D eigenvalue weighted by atomic mass is 32.2. The number of morpholine rings is 2. The Bertz CT molecular complexity index is 4580. The molecule has 0 atom stereocenters. The zero-order valence-corrected chi connectivity index (χ0v) is 56.3. The Morgan fingerprint density at radius 1 is 0.583 bits per heavy atom. The molecule has 498 valence electrons. The van der Waals surface area contributed by atoms with Crippen molar-refractivity contribution in [3.8, 4) is 44.8 Å². The number of benzene rings is 6. The number of thiazole rings is 2. The lowest BCUT2D eigenvalue weighted by Gasteiger charge is -2.25. The molecule has 96 heavy (non-hydrogen) atoms. The van der Waals surface area contributed by atoms with Gasteiger partial charge in [-0.1, -0.05) is 72.2 Å². The van der Waals surface area contributed by atoms with Crippen molar-refractivity contribution in [2.75, 3.05) is 95.9 Å². The maximum atomic E-state index is 13.2. The Labute approximate surface area is 565 Å². The Balaban J connectivity index is 0.000000179. The smallest absolute Gasteiger partial charge is 0.264 e. The van der Waals surface area contributed by atoms with Crippen molar-refractivity contribution in [2.45, 2.75) is 58.4 Å². The highest BCUT2D eigenvalue weighted by Crippen LogP contribution is 2.36. The molecule has 22 nitrogen and oxygen atoms in total. The molecule has 5 aliphatic rings. The number of fused-ring (bicyclic) bond motifs is 4. The van der Waals surface area contributed by atoms with Crippen LogP contribution < -0.4 is 26.6 Å². The summed E-state index contributed by atoms with van der Waals surface area (Å²) >= 11 is 2.87. The molecular weight excluding hydrogens is 1330 g/mol. The second-order valence-electron chi connectivity index (χ2n) is 21.9. The van der Waals surface area contributed by atoms with E-state index >= 15 is 0 Å². The van der Waals surface area contributed by atoms with Crippen molar-refractivity contribution < 1.29 is 62.8 Å².